The van der Waals surface area contributed by atoms with Gasteiger partial charge in [-0.1, -0.05) is 61.9 Å². The van der Waals surface area contributed by atoms with Gasteiger partial charge in [-0.15, -0.1) is 0 Å². The molecule has 3 aromatic rings. The van der Waals surface area contributed by atoms with Crippen LogP contribution in [0.2, 0.25) is 0 Å². The van der Waals surface area contributed by atoms with Gasteiger partial charge in [0.25, 0.3) is 0 Å². The second kappa shape index (κ2) is 10.5. The first-order valence-electron chi connectivity index (χ1n) is 11.8. The Labute approximate surface area is 209 Å². The van der Waals surface area contributed by atoms with E-state index < -0.39 is 40.4 Å². The number of ether oxygens (including phenoxy) is 1. The van der Waals surface area contributed by atoms with Crippen molar-refractivity contribution in [1.29, 1.82) is 0 Å². The maximum Gasteiger partial charge on any atom is 0.234 e. The van der Waals surface area contributed by atoms with Crippen LogP contribution in [0.5, 0.6) is 5.75 Å². The van der Waals surface area contributed by atoms with E-state index in [0.29, 0.717) is 5.75 Å². The Balaban J connectivity index is 1.84. The fourth-order valence-corrected chi connectivity index (χ4v) is 4.34. The van der Waals surface area contributed by atoms with Crippen molar-refractivity contribution >= 4 is 28.9 Å². The standard InChI is InChI=1S/C30H26O6/c1-3-4-7-18-10-12-19(13-11-18)26(31)24(27(32)20-14-16-21(36-2)17-15-20)25-28(33)22-8-5-6-9-23(22)29(34)30(25)35/h5-6,8-17,24,33H,3-4,7H2,1-2H3. The lowest BCUT2D eigenvalue weighted by Gasteiger charge is -2.23. The van der Waals surface area contributed by atoms with Gasteiger partial charge in [0.15, 0.2) is 11.6 Å². The molecule has 0 fully saturated rings. The average molecular weight is 483 g/mol. The number of aliphatic hydroxyl groups is 1. The normalized spacial score (nSPS) is 13.8. The third-order valence-corrected chi connectivity index (χ3v) is 6.38. The molecular weight excluding hydrogens is 456 g/mol. The molecule has 0 saturated heterocycles. The second-order valence-electron chi connectivity index (χ2n) is 8.66. The van der Waals surface area contributed by atoms with Crippen molar-refractivity contribution in [2.45, 2.75) is 26.2 Å². The molecule has 4 rings (SSSR count). The average Bonchev–Trinajstić information content (AvgIpc) is 2.92. The van der Waals surface area contributed by atoms with Crippen LogP contribution in [0.3, 0.4) is 0 Å². The number of allylic oxidation sites excluding steroid dienone is 1. The maximum absolute atomic E-state index is 13.8. The number of fused-ring (bicyclic) bond motifs is 1. The summed E-state index contributed by atoms with van der Waals surface area (Å²) in [7, 11) is 1.49. The molecule has 182 valence electrons. The van der Waals surface area contributed by atoms with Gasteiger partial charge in [-0.3, -0.25) is 19.2 Å². The number of unbranched alkanes of at least 4 members (excludes halogenated alkanes) is 1. The number of hydrogen-bond donors (Lipinski definition) is 1. The summed E-state index contributed by atoms with van der Waals surface area (Å²) < 4.78 is 5.14. The maximum atomic E-state index is 13.8. The van der Waals surface area contributed by atoms with Crippen LogP contribution >= 0.6 is 0 Å². The summed E-state index contributed by atoms with van der Waals surface area (Å²) in [4.78, 5) is 53.6. The number of methoxy groups -OCH3 is 1. The number of rotatable bonds is 9. The number of Topliss-reactive ketones (excluding diaryl/α,β-unsaturated/α-hetero) is 4. The molecule has 1 atom stereocenters. The number of aliphatic hydroxyl groups excluding tert-OH is 1. The van der Waals surface area contributed by atoms with Gasteiger partial charge in [-0.25, -0.2) is 0 Å². The number of carbonyl (C=O) groups excluding carboxylic acids is 4. The van der Waals surface area contributed by atoms with Gasteiger partial charge in [0.1, 0.15) is 17.4 Å². The molecule has 6 nitrogen and oxygen atoms in total. The zero-order valence-corrected chi connectivity index (χ0v) is 20.1. The minimum Gasteiger partial charge on any atom is -0.507 e. The molecule has 0 amide bonds. The van der Waals surface area contributed by atoms with E-state index in [1.165, 1.54) is 31.4 Å². The molecule has 0 saturated carbocycles. The van der Waals surface area contributed by atoms with Crippen LogP contribution in [0.15, 0.2) is 78.4 Å². The van der Waals surface area contributed by atoms with Crippen LogP contribution < -0.4 is 4.74 Å². The lowest BCUT2D eigenvalue weighted by atomic mass is 9.76. The van der Waals surface area contributed by atoms with E-state index in [2.05, 4.69) is 6.92 Å². The first kappa shape index (κ1) is 24.8. The molecule has 0 bridgehead atoms. The predicted octanol–water partition coefficient (Wildman–Crippen LogP) is 5.45. The summed E-state index contributed by atoms with van der Waals surface area (Å²) in [5.41, 5.74) is 1.06. The highest BCUT2D eigenvalue weighted by atomic mass is 16.5. The summed E-state index contributed by atoms with van der Waals surface area (Å²) in [6, 6.07) is 19.0. The summed E-state index contributed by atoms with van der Waals surface area (Å²) >= 11 is 0. The summed E-state index contributed by atoms with van der Waals surface area (Å²) in [6.07, 6.45) is 2.89. The molecule has 0 aliphatic heterocycles. The lowest BCUT2D eigenvalue weighted by Crippen LogP contribution is -2.36. The van der Waals surface area contributed by atoms with Gasteiger partial charge in [0.05, 0.1) is 12.7 Å². The number of hydrogen-bond acceptors (Lipinski definition) is 6. The molecule has 0 spiro atoms. The van der Waals surface area contributed by atoms with Crippen LogP contribution in [0.25, 0.3) is 5.76 Å². The zero-order chi connectivity index (χ0) is 25.8. The van der Waals surface area contributed by atoms with Crippen molar-refractivity contribution in [2.75, 3.05) is 7.11 Å². The van der Waals surface area contributed by atoms with Crippen molar-refractivity contribution in [3.63, 3.8) is 0 Å². The van der Waals surface area contributed by atoms with Crippen molar-refractivity contribution < 1.29 is 29.0 Å². The van der Waals surface area contributed by atoms with E-state index in [-0.39, 0.29) is 22.3 Å². The Morgan fingerprint density at radius 2 is 1.36 bits per heavy atom. The largest absolute Gasteiger partial charge is 0.507 e. The first-order valence-corrected chi connectivity index (χ1v) is 11.8. The molecule has 0 radical (unpaired) electrons. The number of carbonyl (C=O) groups is 4. The Bertz CT molecular complexity index is 1360. The van der Waals surface area contributed by atoms with Crippen LogP contribution in [-0.4, -0.2) is 35.3 Å². The highest BCUT2D eigenvalue weighted by Crippen LogP contribution is 2.35. The van der Waals surface area contributed by atoms with Gasteiger partial charge in [-0.2, -0.15) is 0 Å². The molecule has 1 N–H and O–H groups in total. The highest BCUT2D eigenvalue weighted by Gasteiger charge is 2.43. The number of aryl methyl sites for hydroxylation is 1. The molecule has 0 aromatic heterocycles. The van der Waals surface area contributed by atoms with Gasteiger partial charge in [0.2, 0.25) is 11.6 Å². The molecular formula is C30H26O6. The zero-order valence-electron chi connectivity index (χ0n) is 20.1. The fraction of sp³-hybridized carbons (Fsp3) is 0.200. The molecule has 6 heteroatoms. The second-order valence-corrected chi connectivity index (χ2v) is 8.66. The Morgan fingerprint density at radius 3 is 1.92 bits per heavy atom. The summed E-state index contributed by atoms with van der Waals surface area (Å²) in [5, 5.41) is 11.1. The molecule has 3 aromatic carbocycles. The monoisotopic (exact) mass is 482 g/mol. The molecule has 0 heterocycles. The first-order chi connectivity index (χ1) is 17.4. The SMILES string of the molecule is CCCCc1ccc(C(=O)C(C(=O)c2ccc(OC)cc2)C2=C(O)c3ccccc3C(=O)C2=O)cc1. The summed E-state index contributed by atoms with van der Waals surface area (Å²) in [5.74, 6) is -5.00. The van der Waals surface area contributed by atoms with E-state index in [0.717, 1.165) is 24.8 Å². The van der Waals surface area contributed by atoms with Crippen LogP contribution in [0, 0.1) is 5.92 Å². The van der Waals surface area contributed by atoms with Crippen LogP contribution in [0.4, 0.5) is 0 Å². The summed E-state index contributed by atoms with van der Waals surface area (Å²) in [6.45, 7) is 2.09. The minimum atomic E-state index is -1.69. The third-order valence-electron chi connectivity index (χ3n) is 6.38. The van der Waals surface area contributed by atoms with Gasteiger partial charge in [0, 0.05) is 22.3 Å². The van der Waals surface area contributed by atoms with Crippen LogP contribution in [-0.2, 0) is 11.2 Å². The fourth-order valence-electron chi connectivity index (χ4n) is 4.34. The smallest absolute Gasteiger partial charge is 0.234 e. The minimum absolute atomic E-state index is 0.0344. The number of benzene rings is 3. The lowest BCUT2D eigenvalue weighted by molar-refractivity contribution is -0.112. The Hall–Kier alpha value is -4.32. The van der Waals surface area contributed by atoms with E-state index in [4.69, 9.17) is 4.74 Å². The topological polar surface area (TPSA) is 97.7 Å². The quantitative estimate of drug-likeness (QED) is 0.247. The van der Waals surface area contributed by atoms with Crippen molar-refractivity contribution in [1.82, 2.24) is 0 Å². The van der Waals surface area contributed by atoms with Crippen molar-refractivity contribution in [2.24, 2.45) is 5.92 Å². The Morgan fingerprint density at radius 1 is 0.806 bits per heavy atom. The van der Waals surface area contributed by atoms with E-state index >= 15 is 0 Å². The van der Waals surface area contributed by atoms with Gasteiger partial charge < -0.3 is 9.84 Å². The predicted molar refractivity (Wildman–Crippen MR) is 136 cm³/mol. The van der Waals surface area contributed by atoms with Gasteiger partial charge in [-0.05, 0) is 42.7 Å². The number of ketones is 4. The van der Waals surface area contributed by atoms with Crippen molar-refractivity contribution in [3.05, 3.63) is 106 Å². The Kier molecular flexibility index (Phi) is 7.25. The van der Waals surface area contributed by atoms with E-state index in [1.807, 2.05) is 12.1 Å². The molecule has 1 aliphatic carbocycles. The molecule has 1 unspecified atom stereocenters. The highest BCUT2D eigenvalue weighted by molar-refractivity contribution is 6.53. The van der Waals surface area contributed by atoms with Crippen molar-refractivity contribution in [3.8, 4) is 5.75 Å². The molecule has 36 heavy (non-hydrogen) atoms. The molecule has 1 aliphatic rings. The van der Waals surface area contributed by atoms with E-state index in [9.17, 15) is 24.3 Å². The van der Waals surface area contributed by atoms with Crippen LogP contribution in [0.1, 0.15) is 62.0 Å². The van der Waals surface area contributed by atoms with Gasteiger partial charge >= 0.3 is 0 Å². The van der Waals surface area contributed by atoms with E-state index in [1.54, 1.807) is 36.4 Å². The third kappa shape index (κ3) is 4.62.